The average molecular weight is 240 g/mol. The van der Waals surface area contributed by atoms with Crippen molar-refractivity contribution in [2.75, 3.05) is 27.2 Å². The maximum Gasteiger partial charge on any atom is 0.225 e. The van der Waals surface area contributed by atoms with Crippen LogP contribution in [0.3, 0.4) is 0 Å². The molecule has 1 saturated carbocycles. The summed E-state index contributed by atoms with van der Waals surface area (Å²) in [6, 6.07) is 0.490. The van der Waals surface area contributed by atoms with Crippen molar-refractivity contribution in [3.05, 3.63) is 0 Å². The monoisotopic (exact) mass is 240 g/mol. The van der Waals surface area contributed by atoms with Crippen molar-refractivity contribution in [1.29, 1.82) is 0 Å². The van der Waals surface area contributed by atoms with Gasteiger partial charge >= 0.3 is 0 Å². The van der Waals surface area contributed by atoms with E-state index in [4.69, 9.17) is 4.74 Å². The fourth-order valence-electron chi connectivity index (χ4n) is 2.78. The smallest absolute Gasteiger partial charge is 0.225 e. The minimum absolute atomic E-state index is 0.144. The SMILES string of the molecule is COC1(CC(=O)N(C)CC2CCCN2)CCC1. The molecule has 2 rings (SSSR count). The third kappa shape index (κ3) is 2.99. The summed E-state index contributed by atoms with van der Waals surface area (Å²) in [4.78, 5) is 14.0. The average Bonchev–Trinajstić information content (AvgIpc) is 2.75. The van der Waals surface area contributed by atoms with Gasteiger partial charge in [-0.25, -0.2) is 0 Å². The van der Waals surface area contributed by atoms with Crippen molar-refractivity contribution < 1.29 is 9.53 Å². The van der Waals surface area contributed by atoms with E-state index in [9.17, 15) is 4.79 Å². The lowest BCUT2D eigenvalue weighted by Gasteiger charge is -2.40. The summed E-state index contributed by atoms with van der Waals surface area (Å²) in [5, 5.41) is 3.42. The van der Waals surface area contributed by atoms with Crippen LogP contribution < -0.4 is 5.32 Å². The Hall–Kier alpha value is -0.610. The van der Waals surface area contributed by atoms with Gasteiger partial charge in [0.1, 0.15) is 0 Å². The Bertz CT molecular complexity index is 265. The summed E-state index contributed by atoms with van der Waals surface area (Å²) < 4.78 is 5.50. The summed E-state index contributed by atoms with van der Waals surface area (Å²) in [5.41, 5.74) is -0.144. The molecule has 98 valence electrons. The van der Waals surface area contributed by atoms with Crippen LogP contribution in [0.25, 0.3) is 0 Å². The van der Waals surface area contributed by atoms with Gasteiger partial charge in [-0.2, -0.15) is 0 Å². The Morgan fingerprint density at radius 3 is 2.71 bits per heavy atom. The number of amides is 1. The second-order valence-electron chi connectivity index (χ2n) is 5.49. The molecule has 0 spiro atoms. The molecule has 1 saturated heterocycles. The van der Waals surface area contributed by atoms with Gasteiger partial charge in [0.25, 0.3) is 0 Å². The molecule has 1 amide bonds. The number of nitrogens with zero attached hydrogens (tertiary/aromatic N) is 1. The second-order valence-corrected chi connectivity index (χ2v) is 5.49. The Kier molecular flexibility index (Phi) is 4.05. The first kappa shape index (κ1) is 12.8. The van der Waals surface area contributed by atoms with Gasteiger partial charge in [0.2, 0.25) is 5.91 Å². The van der Waals surface area contributed by atoms with E-state index in [2.05, 4.69) is 5.32 Å². The standard InChI is InChI=1S/C13H24N2O2/c1-15(10-11-5-3-8-14-11)12(16)9-13(17-2)6-4-7-13/h11,14H,3-10H2,1-2H3. The highest BCUT2D eigenvalue weighted by Gasteiger charge is 2.39. The van der Waals surface area contributed by atoms with E-state index < -0.39 is 0 Å². The molecule has 0 aromatic heterocycles. The highest BCUT2D eigenvalue weighted by molar-refractivity contribution is 5.77. The number of ether oxygens (including phenoxy) is 1. The number of nitrogens with one attached hydrogen (secondary N) is 1. The molecule has 0 bridgehead atoms. The maximum absolute atomic E-state index is 12.1. The maximum atomic E-state index is 12.1. The van der Waals surface area contributed by atoms with Gasteiger partial charge in [-0.1, -0.05) is 0 Å². The Morgan fingerprint density at radius 1 is 1.47 bits per heavy atom. The van der Waals surface area contributed by atoms with Crippen LogP contribution in [0.2, 0.25) is 0 Å². The fraction of sp³-hybridized carbons (Fsp3) is 0.923. The number of carbonyl (C=O) groups excluding carboxylic acids is 1. The normalized spacial score (nSPS) is 26.6. The van der Waals surface area contributed by atoms with E-state index in [-0.39, 0.29) is 11.5 Å². The van der Waals surface area contributed by atoms with E-state index in [0.717, 1.165) is 25.9 Å². The molecule has 1 atom stereocenters. The van der Waals surface area contributed by atoms with Gasteiger partial charge in [0.05, 0.1) is 12.0 Å². The van der Waals surface area contributed by atoms with Crippen LogP contribution in [-0.4, -0.2) is 49.7 Å². The molecule has 1 N–H and O–H groups in total. The lowest BCUT2D eigenvalue weighted by Crippen LogP contribution is -2.46. The predicted octanol–water partition coefficient (Wildman–Crippen LogP) is 1.16. The zero-order valence-electron chi connectivity index (χ0n) is 11.0. The molecular weight excluding hydrogens is 216 g/mol. The number of hydrogen-bond acceptors (Lipinski definition) is 3. The van der Waals surface area contributed by atoms with E-state index in [1.165, 1.54) is 19.3 Å². The first-order valence-electron chi connectivity index (χ1n) is 6.68. The van der Waals surface area contributed by atoms with Crippen molar-refractivity contribution in [2.24, 2.45) is 0 Å². The lowest BCUT2D eigenvalue weighted by atomic mass is 9.77. The summed E-state index contributed by atoms with van der Waals surface area (Å²) in [6.45, 7) is 1.92. The van der Waals surface area contributed by atoms with Gasteiger partial charge in [-0.05, 0) is 38.6 Å². The number of likely N-dealkylation sites (N-methyl/N-ethyl adjacent to an activating group) is 1. The van der Waals surface area contributed by atoms with Crippen LogP contribution in [-0.2, 0) is 9.53 Å². The predicted molar refractivity (Wildman–Crippen MR) is 66.9 cm³/mol. The van der Waals surface area contributed by atoms with Gasteiger partial charge in [0, 0.05) is 26.7 Å². The molecule has 17 heavy (non-hydrogen) atoms. The van der Waals surface area contributed by atoms with Crippen LogP contribution >= 0.6 is 0 Å². The second kappa shape index (κ2) is 5.36. The summed E-state index contributed by atoms with van der Waals surface area (Å²) in [6.07, 6.45) is 6.22. The third-order valence-electron chi connectivity index (χ3n) is 4.25. The first-order valence-corrected chi connectivity index (χ1v) is 6.68. The third-order valence-corrected chi connectivity index (χ3v) is 4.25. The summed E-state index contributed by atoms with van der Waals surface area (Å²) >= 11 is 0. The van der Waals surface area contributed by atoms with Crippen LogP contribution in [0.5, 0.6) is 0 Å². The Morgan fingerprint density at radius 2 is 2.24 bits per heavy atom. The largest absolute Gasteiger partial charge is 0.378 e. The Balaban J connectivity index is 1.78. The van der Waals surface area contributed by atoms with Gasteiger partial charge in [-0.3, -0.25) is 4.79 Å². The number of carbonyl (C=O) groups is 1. The van der Waals surface area contributed by atoms with Crippen molar-refractivity contribution in [3.63, 3.8) is 0 Å². The summed E-state index contributed by atoms with van der Waals surface area (Å²) in [5.74, 6) is 0.222. The van der Waals surface area contributed by atoms with Crippen LogP contribution in [0.1, 0.15) is 38.5 Å². The molecule has 0 aromatic rings. The highest BCUT2D eigenvalue weighted by Crippen LogP contribution is 2.38. The molecule has 2 fully saturated rings. The molecular formula is C13H24N2O2. The zero-order valence-corrected chi connectivity index (χ0v) is 11.0. The van der Waals surface area contributed by atoms with Crippen molar-refractivity contribution >= 4 is 5.91 Å². The zero-order chi connectivity index (χ0) is 12.3. The molecule has 1 unspecified atom stereocenters. The number of rotatable bonds is 5. The number of methoxy groups -OCH3 is 1. The lowest BCUT2D eigenvalue weighted by molar-refractivity contribution is -0.143. The van der Waals surface area contributed by atoms with E-state index >= 15 is 0 Å². The van der Waals surface area contributed by atoms with Gasteiger partial charge in [0.15, 0.2) is 0 Å². The minimum Gasteiger partial charge on any atom is -0.378 e. The van der Waals surface area contributed by atoms with E-state index in [0.29, 0.717) is 12.5 Å². The molecule has 4 heteroatoms. The minimum atomic E-state index is -0.144. The molecule has 0 aromatic carbocycles. The van der Waals surface area contributed by atoms with E-state index in [1.54, 1.807) is 7.11 Å². The number of hydrogen-bond donors (Lipinski definition) is 1. The molecule has 1 heterocycles. The fourth-order valence-corrected chi connectivity index (χ4v) is 2.78. The first-order chi connectivity index (χ1) is 8.15. The highest BCUT2D eigenvalue weighted by atomic mass is 16.5. The van der Waals surface area contributed by atoms with E-state index in [1.807, 2.05) is 11.9 Å². The van der Waals surface area contributed by atoms with Crippen LogP contribution in [0, 0.1) is 0 Å². The van der Waals surface area contributed by atoms with Crippen LogP contribution in [0.4, 0.5) is 0 Å². The van der Waals surface area contributed by atoms with Gasteiger partial charge in [-0.15, -0.1) is 0 Å². The molecule has 0 radical (unpaired) electrons. The molecule has 1 aliphatic carbocycles. The molecule has 2 aliphatic rings. The molecule has 4 nitrogen and oxygen atoms in total. The molecule has 1 aliphatic heterocycles. The van der Waals surface area contributed by atoms with Crippen molar-refractivity contribution in [2.45, 2.75) is 50.2 Å². The Labute approximate surface area is 104 Å². The topological polar surface area (TPSA) is 41.6 Å². The summed E-state index contributed by atoms with van der Waals surface area (Å²) in [7, 11) is 3.63. The van der Waals surface area contributed by atoms with Crippen LogP contribution in [0.15, 0.2) is 0 Å². The van der Waals surface area contributed by atoms with Gasteiger partial charge < -0.3 is 15.0 Å². The quantitative estimate of drug-likeness (QED) is 0.784. The van der Waals surface area contributed by atoms with Crippen molar-refractivity contribution in [3.8, 4) is 0 Å². The van der Waals surface area contributed by atoms with Crippen molar-refractivity contribution in [1.82, 2.24) is 10.2 Å².